The van der Waals surface area contributed by atoms with E-state index in [-0.39, 0.29) is 24.1 Å². The normalized spacial score (nSPS) is 12.2. The van der Waals surface area contributed by atoms with Gasteiger partial charge in [-0.15, -0.1) is 0 Å². The monoisotopic (exact) mass is 558 g/mol. The average Bonchev–Trinajstić information content (AvgIpc) is 3.01. The van der Waals surface area contributed by atoms with Crippen molar-refractivity contribution in [1.82, 2.24) is 15.5 Å². The number of nitrogens with two attached hydrogens (primary N) is 1. The molecule has 0 saturated heterocycles. The van der Waals surface area contributed by atoms with Crippen LogP contribution in [-0.2, 0) is 40.3 Å². The van der Waals surface area contributed by atoms with Crippen LogP contribution in [0.1, 0.15) is 49.4 Å². The number of ether oxygens (including phenoxy) is 1. The lowest BCUT2D eigenvalue weighted by molar-refractivity contribution is -0.143. The molecule has 0 radical (unpaired) electrons. The molecular formula is C33H42N4O4. The first kappa shape index (κ1) is 31.4. The van der Waals surface area contributed by atoms with Crippen LogP contribution in [0.3, 0.4) is 0 Å². The minimum atomic E-state index is -0.824. The van der Waals surface area contributed by atoms with E-state index in [9.17, 15) is 14.4 Å². The minimum Gasteiger partial charge on any atom is -0.494 e. The van der Waals surface area contributed by atoms with E-state index in [1.54, 1.807) is 11.8 Å². The summed E-state index contributed by atoms with van der Waals surface area (Å²) in [6.45, 7) is 7.15. The zero-order chi connectivity index (χ0) is 29.6. The number of hydrogen-bond acceptors (Lipinski definition) is 5. The number of carbonyl (C=O) groups excluding carboxylic acids is 3. The van der Waals surface area contributed by atoms with Crippen molar-refractivity contribution in [2.45, 2.75) is 65.2 Å². The lowest BCUT2D eigenvalue weighted by Gasteiger charge is -2.33. The first-order chi connectivity index (χ1) is 19.9. The molecule has 8 heteroatoms. The maximum absolute atomic E-state index is 14.1. The van der Waals surface area contributed by atoms with Crippen molar-refractivity contribution in [1.29, 1.82) is 0 Å². The third kappa shape index (κ3) is 9.46. The highest BCUT2D eigenvalue weighted by molar-refractivity contribution is 5.92. The standard InChI is InChI=1S/C33H42N4O4/c1-4-31(38)36-29(20-25-16-18-28(19-17-25)41-6-3)33(40)37(5-2)30(21-24-10-8-7-9-11-24)32(39)35-23-27-14-12-26(22-34)13-15-27/h7-19,29-30H,4-6,20-23,34H2,1-3H3,(H,35,39)(H,36,38). The van der Waals surface area contributed by atoms with Gasteiger partial charge in [0.25, 0.3) is 0 Å². The van der Waals surface area contributed by atoms with Crippen molar-refractivity contribution >= 4 is 17.7 Å². The molecule has 0 bridgehead atoms. The zero-order valence-electron chi connectivity index (χ0n) is 24.3. The van der Waals surface area contributed by atoms with Crippen LogP contribution in [0.2, 0.25) is 0 Å². The Kier molecular flexibility index (Phi) is 12.4. The number of hydrogen-bond donors (Lipinski definition) is 3. The van der Waals surface area contributed by atoms with Gasteiger partial charge >= 0.3 is 0 Å². The molecule has 3 aromatic carbocycles. The van der Waals surface area contributed by atoms with Crippen molar-refractivity contribution < 1.29 is 19.1 Å². The number of rotatable bonds is 15. The fraction of sp³-hybridized carbons (Fsp3) is 0.364. The summed E-state index contributed by atoms with van der Waals surface area (Å²) in [5, 5.41) is 5.91. The van der Waals surface area contributed by atoms with Crippen LogP contribution < -0.4 is 21.1 Å². The van der Waals surface area contributed by atoms with Crippen LogP contribution in [0.4, 0.5) is 0 Å². The van der Waals surface area contributed by atoms with Crippen molar-refractivity contribution in [2.75, 3.05) is 13.2 Å². The smallest absolute Gasteiger partial charge is 0.246 e. The molecule has 8 nitrogen and oxygen atoms in total. The highest BCUT2D eigenvalue weighted by atomic mass is 16.5. The van der Waals surface area contributed by atoms with E-state index in [2.05, 4.69) is 10.6 Å². The Labute approximate surface area is 243 Å². The highest BCUT2D eigenvalue weighted by Gasteiger charge is 2.33. The van der Waals surface area contributed by atoms with E-state index in [4.69, 9.17) is 10.5 Å². The number of carbonyl (C=O) groups is 3. The molecule has 0 aliphatic carbocycles. The number of likely N-dealkylation sites (N-methyl/N-ethyl adjacent to an activating group) is 1. The number of benzene rings is 3. The quantitative estimate of drug-likeness (QED) is 0.263. The fourth-order valence-electron chi connectivity index (χ4n) is 4.63. The second kappa shape index (κ2) is 16.2. The molecule has 0 aromatic heterocycles. The first-order valence-corrected chi connectivity index (χ1v) is 14.3. The fourth-order valence-corrected chi connectivity index (χ4v) is 4.63. The Hall–Kier alpha value is -4.17. The van der Waals surface area contributed by atoms with Gasteiger partial charge < -0.3 is 26.0 Å². The molecule has 0 fully saturated rings. The lowest BCUT2D eigenvalue weighted by atomic mass is 10.00. The third-order valence-corrected chi connectivity index (χ3v) is 6.93. The number of nitrogens with one attached hydrogen (secondary N) is 2. The van der Waals surface area contributed by atoms with Crippen LogP contribution >= 0.6 is 0 Å². The molecule has 2 unspecified atom stereocenters. The highest BCUT2D eigenvalue weighted by Crippen LogP contribution is 2.17. The van der Waals surface area contributed by atoms with E-state index < -0.39 is 12.1 Å². The summed E-state index contributed by atoms with van der Waals surface area (Å²) in [6, 6.07) is 23.3. The Morgan fingerprint density at radius 2 is 1.41 bits per heavy atom. The maximum Gasteiger partial charge on any atom is 0.246 e. The summed E-state index contributed by atoms with van der Waals surface area (Å²) in [6.07, 6.45) is 0.882. The molecule has 3 rings (SSSR count). The second-order valence-corrected chi connectivity index (χ2v) is 9.82. The predicted octanol–water partition coefficient (Wildman–Crippen LogP) is 3.76. The number of nitrogens with zero attached hydrogens (tertiary/aromatic N) is 1. The average molecular weight is 559 g/mol. The van der Waals surface area contributed by atoms with Gasteiger partial charge in [0, 0.05) is 38.9 Å². The van der Waals surface area contributed by atoms with Crippen molar-refractivity contribution in [3.05, 3.63) is 101 Å². The van der Waals surface area contributed by atoms with Crippen molar-refractivity contribution in [2.24, 2.45) is 5.73 Å². The van der Waals surface area contributed by atoms with E-state index in [0.717, 1.165) is 28.0 Å². The van der Waals surface area contributed by atoms with Gasteiger partial charge in [0.15, 0.2) is 0 Å². The molecule has 0 spiro atoms. The zero-order valence-corrected chi connectivity index (χ0v) is 24.3. The third-order valence-electron chi connectivity index (χ3n) is 6.93. The Balaban J connectivity index is 1.85. The van der Waals surface area contributed by atoms with Gasteiger partial charge in [-0.3, -0.25) is 14.4 Å². The molecule has 0 aliphatic rings. The molecule has 0 saturated carbocycles. The molecule has 41 heavy (non-hydrogen) atoms. The van der Waals surface area contributed by atoms with Crippen LogP contribution in [-0.4, -0.2) is 47.9 Å². The Bertz CT molecular complexity index is 1250. The Morgan fingerprint density at radius 3 is 2.00 bits per heavy atom. The van der Waals surface area contributed by atoms with Gasteiger partial charge in [0.05, 0.1) is 6.61 Å². The summed E-state index contributed by atoms with van der Waals surface area (Å²) in [4.78, 5) is 41.8. The van der Waals surface area contributed by atoms with Crippen molar-refractivity contribution in [3.8, 4) is 5.75 Å². The van der Waals surface area contributed by atoms with E-state index in [1.165, 1.54) is 0 Å². The van der Waals surface area contributed by atoms with Crippen LogP contribution in [0.25, 0.3) is 0 Å². The summed E-state index contributed by atoms with van der Waals surface area (Å²) in [5.41, 5.74) is 9.47. The molecule has 3 amide bonds. The SMILES string of the molecule is CCOc1ccc(CC(NC(=O)CC)C(=O)N(CC)C(Cc2ccccc2)C(=O)NCc2ccc(CN)cc2)cc1. The van der Waals surface area contributed by atoms with Crippen molar-refractivity contribution in [3.63, 3.8) is 0 Å². The molecule has 4 N–H and O–H groups in total. The molecule has 0 heterocycles. The summed E-state index contributed by atoms with van der Waals surface area (Å²) in [7, 11) is 0. The van der Waals surface area contributed by atoms with Crippen LogP contribution in [0.5, 0.6) is 5.75 Å². The van der Waals surface area contributed by atoms with E-state index in [1.807, 2.05) is 92.7 Å². The van der Waals surface area contributed by atoms with Gasteiger partial charge in [-0.05, 0) is 48.2 Å². The Morgan fingerprint density at radius 1 is 0.805 bits per heavy atom. The maximum atomic E-state index is 14.1. The summed E-state index contributed by atoms with van der Waals surface area (Å²) in [5.74, 6) is -0.0420. The van der Waals surface area contributed by atoms with E-state index in [0.29, 0.717) is 39.1 Å². The number of amides is 3. The topological polar surface area (TPSA) is 114 Å². The van der Waals surface area contributed by atoms with Gasteiger partial charge in [-0.25, -0.2) is 0 Å². The van der Waals surface area contributed by atoms with Gasteiger partial charge in [-0.2, -0.15) is 0 Å². The molecule has 0 aliphatic heterocycles. The van der Waals surface area contributed by atoms with Gasteiger partial charge in [0.2, 0.25) is 17.7 Å². The van der Waals surface area contributed by atoms with Crippen LogP contribution in [0.15, 0.2) is 78.9 Å². The molecule has 218 valence electrons. The lowest BCUT2D eigenvalue weighted by Crippen LogP contribution is -2.57. The minimum absolute atomic E-state index is 0.227. The predicted molar refractivity (Wildman–Crippen MR) is 161 cm³/mol. The summed E-state index contributed by atoms with van der Waals surface area (Å²) >= 11 is 0. The largest absolute Gasteiger partial charge is 0.494 e. The van der Waals surface area contributed by atoms with Crippen LogP contribution in [0, 0.1) is 0 Å². The molecule has 3 aromatic rings. The summed E-state index contributed by atoms with van der Waals surface area (Å²) < 4.78 is 5.54. The second-order valence-electron chi connectivity index (χ2n) is 9.82. The first-order valence-electron chi connectivity index (χ1n) is 14.3. The van der Waals surface area contributed by atoms with Gasteiger partial charge in [0.1, 0.15) is 17.8 Å². The molecule has 2 atom stereocenters. The van der Waals surface area contributed by atoms with E-state index >= 15 is 0 Å². The molecular weight excluding hydrogens is 516 g/mol. The van der Waals surface area contributed by atoms with Gasteiger partial charge in [-0.1, -0.05) is 73.7 Å².